The summed E-state index contributed by atoms with van der Waals surface area (Å²) in [5.74, 6) is -0.163. The molecule has 0 aromatic heterocycles. The molecule has 3 heterocycles. The summed E-state index contributed by atoms with van der Waals surface area (Å²) in [4.78, 5) is 28.3. The second kappa shape index (κ2) is 9.73. The van der Waals surface area contributed by atoms with Crippen LogP contribution in [-0.2, 0) is 30.2 Å². The molecule has 38 heavy (non-hydrogen) atoms. The van der Waals surface area contributed by atoms with E-state index >= 15 is 0 Å². The van der Waals surface area contributed by atoms with Crippen LogP contribution >= 0.6 is 0 Å². The molecule has 4 aliphatic rings. The molecule has 2 N–H and O–H groups in total. The molecule has 10 heteroatoms. The topological polar surface area (TPSA) is 124 Å². The van der Waals surface area contributed by atoms with Gasteiger partial charge in [0.1, 0.15) is 5.76 Å². The zero-order chi connectivity index (χ0) is 27.3. The largest absolute Gasteiger partial charge is 0.497 e. The van der Waals surface area contributed by atoms with Gasteiger partial charge in [-0.1, -0.05) is 0 Å². The van der Waals surface area contributed by atoms with Crippen molar-refractivity contribution >= 4 is 11.9 Å². The van der Waals surface area contributed by atoms with E-state index in [4.69, 9.17) is 23.7 Å². The maximum Gasteiger partial charge on any atom is 0.339 e. The molecule has 208 valence electrons. The molecule has 0 amide bonds. The van der Waals surface area contributed by atoms with Gasteiger partial charge in [-0.05, 0) is 81.8 Å². The van der Waals surface area contributed by atoms with Crippen molar-refractivity contribution in [2.45, 2.75) is 81.1 Å². The van der Waals surface area contributed by atoms with Gasteiger partial charge in [-0.25, -0.2) is 4.79 Å². The van der Waals surface area contributed by atoms with E-state index in [0.29, 0.717) is 17.3 Å². The Balaban J connectivity index is 1.53. The van der Waals surface area contributed by atoms with Crippen LogP contribution in [0.4, 0.5) is 0 Å². The number of carbonyl (C=O) groups excluding carboxylic acids is 2. The summed E-state index contributed by atoms with van der Waals surface area (Å²) in [6.45, 7) is 5.04. The summed E-state index contributed by atoms with van der Waals surface area (Å²) >= 11 is 0. The number of nitrogens with zero attached hydrogens (tertiary/aromatic N) is 1. The number of fused-ring (bicyclic) bond motifs is 3. The first-order valence-corrected chi connectivity index (χ1v) is 13.2. The lowest BCUT2D eigenvalue weighted by Crippen LogP contribution is -2.49. The number of aliphatic hydroxyl groups is 2. The average Bonchev–Trinajstić information content (AvgIpc) is 3.56. The van der Waals surface area contributed by atoms with Crippen LogP contribution in [0.3, 0.4) is 0 Å². The van der Waals surface area contributed by atoms with Crippen molar-refractivity contribution in [1.29, 1.82) is 0 Å². The van der Waals surface area contributed by atoms with Crippen LogP contribution in [0.2, 0.25) is 0 Å². The molecule has 10 nitrogen and oxygen atoms in total. The molecule has 0 radical (unpaired) electrons. The molecule has 1 fully saturated rings. The second-order valence-electron chi connectivity index (χ2n) is 11.4. The van der Waals surface area contributed by atoms with Crippen molar-refractivity contribution in [2.24, 2.45) is 0 Å². The van der Waals surface area contributed by atoms with Crippen molar-refractivity contribution in [3.63, 3.8) is 0 Å². The highest BCUT2D eigenvalue weighted by Gasteiger charge is 2.59. The van der Waals surface area contributed by atoms with Crippen LogP contribution in [0.25, 0.3) is 0 Å². The van der Waals surface area contributed by atoms with Gasteiger partial charge in [0.05, 0.1) is 37.7 Å². The first-order chi connectivity index (χ1) is 18.0. The van der Waals surface area contributed by atoms with Crippen LogP contribution in [0, 0.1) is 0 Å². The fourth-order valence-corrected chi connectivity index (χ4v) is 6.41. The monoisotopic (exact) mass is 531 g/mol. The normalized spacial score (nSPS) is 27.4. The number of methoxy groups -OCH3 is 2. The van der Waals surface area contributed by atoms with Crippen LogP contribution in [0.15, 0.2) is 24.0 Å². The third-order valence-electron chi connectivity index (χ3n) is 8.39. The van der Waals surface area contributed by atoms with Gasteiger partial charge in [-0.15, -0.1) is 0 Å². The highest BCUT2D eigenvalue weighted by Crippen LogP contribution is 2.55. The van der Waals surface area contributed by atoms with E-state index in [-0.39, 0.29) is 25.6 Å². The third kappa shape index (κ3) is 4.63. The highest BCUT2D eigenvalue weighted by atomic mass is 16.7. The summed E-state index contributed by atoms with van der Waals surface area (Å²) in [6.07, 6.45) is 3.18. The first kappa shape index (κ1) is 26.8. The average molecular weight is 532 g/mol. The van der Waals surface area contributed by atoms with Crippen molar-refractivity contribution in [2.75, 3.05) is 34.1 Å². The minimum Gasteiger partial charge on any atom is -0.497 e. The molecule has 3 aliphatic heterocycles. The van der Waals surface area contributed by atoms with Gasteiger partial charge >= 0.3 is 11.9 Å². The number of ether oxygens (including phenoxy) is 5. The van der Waals surface area contributed by atoms with Crippen molar-refractivity contribution in [3.05, 3.63) is 35.1 Å². The Morgan fingerprint density at radius 3 is 2.55 bits per heavy atom. The van der Waals surface area contributed by atoms with Crippen LogP contribution in [-0.4, -0.2) is 84.0 Å². The quantitative estimate of drug-likeness (QED) is 0.483. The summed E-state index contributed by atoms with van der Waals surface area (Å²) in [6, 6.07) is 3.99. The Bertz CT molecular complexity index is 1140. The van der Waals surface area contributed by atoms with E-state index in [1.165, 1.54) is 7.11 Å². The molecule has 1 aliphatic carbocycles. The number of esters is 2. The second-order valence-corrected chi connectivity index (χ2v) is 11.4. The fraction of sp³-hybridized carbons (Fsp3) is 0.643. The smallest absolute Gasteiger partial charge is 0.339 e. The van der Waals surface area contributed by atoms with E-state index in [1.807, 2.05) is 12.1 Å². The minimum absolute atomic E-state index is 0.0701. The molecule has 1 saturated heterocycles. The Kier molecular flexibility index (Phi) is 6.86. The van der Waals surface area contributed by atoms with Gasteiger partial charge in [0.2, 0.25) is 6.79 Å². The lowest BCUT2D eigenvalue weighted by molar-refractivity contribution is -0.179. The lowest BCUT2D eigenvalue weighted by atomic mass is 9.77. The molecular formula is C28H37NO9. The molecule has 1 spiro atoms. The maximum absolute atomic E-state index is 13.7. The highest BCUT2D eigenvalue weighted by molar-refractivity contribution is 5.86. The molecule has 0 bridgehead atoms. The molecule has 4 atom stereocenters. The molecular weight excluding hydrogens is 494 g/mol. The van der Waals surface area contributed by atoms with E-state index in [1.54, 1.807) is 21.0 Å². The van der Waals surface area contributed by atoms with Gasteiger partial charge in [0.25, 0.3) is 0 Å². The number of hydrogen-bond donors (Lipinski definition) is 2. The number of carbonyl (C=O) groups is 2. The van der Waals surface area contributed by atoms with E-state index in [2.05, 4.69) is 11.0 Å². The molecule has 1 aromatic carbocycles. The summed E-state index contributed by atoms with van der Waals surface area (Å²) in [7, 11) is 2.74. The Morgan fingerprint density at radius 1 is 1.13 bits per heavy atom. The van der Waals surface area contributed by atoms with E-state index in [0.717, 1.165) is 43.5 Å². The molecule has 0 saturated carbocycles. The van der Waals surface area contributed by atoms with E-state index < -0.39 is 41.2 Å². The SMILES string of the molecule is COC(=O)C[C@](O)(CCC(C)(C)O)C(=O)O[C@@H]1C(OC)=C[C@]23CCCN2CCc2cc4c(cc2[C@H]13)OCO4. The summed E-state index contributed by atoms with van der Waals surface area (Å²) in [5, 5.41) is 21.7. The van der Waals surface area contributed by atoms with Crippen molar-refractivity contribution in [3.8, 4) is 11.5 Å². The number of rotatable bonds is 8. The van der Waals surface area contributed by atoms with Gasteiger partial charge in [0.15, 0.2) is 23.2 Å². The van der Waals surface area contributed by atoms with Crippen LogP contribution < -0.4 is 9.47 Å². The summed E-state index contributed by atoms with van der Waals surface area (Å²) < 4.78 is 28.0. The Labute approximate surface area is 222 Å². The fourth-order valence-electron chi connectivity index (χ4n) is 6.41. The molecule has 0 unspecified atom stereocenters. The first-order valence-electron chi connectivity index (χ1n) is 13.2. The minimum atomic E-state index is -2.18. The van der Waals surface area contributed by atoms with Crippen LogP contribution in [0.5, 0.6) is 11.5 Å². The van der Waals surface area contributed by atoms with Gasteiger partial charge in [-0.2, -0.15) is 0 Å². The Morgan fingerprint density at radius 2 is 1.87 bits per heavy atom. The van der Waals surface area contributed by atoms with Gasteiger partial charge < -0.3 is 33.9 Å². The molecule has 5 rings (SSSR count). The van der Waals surface area contributed by atoms with Crippen molar-refractivity contribution < 1.29 is 43.5 Å². The maximum atomic E-state index is 13.7. The predicted molar refractivity (Wildman–Crippen MR) is 135 cm³/mol. The number of hydrogen-bond acceptors (Lipinski definition) is 10. The molecule has 1 aromatic rings. The third-order valence-corrected chi connectivity index (χ3v) is 8.39. The van der Waals surface area contributed by atoms with Crippen molar-refractivity contribution in [1.82, 2.24) is 4.90 Å². The van der Waals surface area contributed by atoms with Gasteiger partial charge in [-0.3, -0.25) is 9.69 Å². The van der Waals surface area contributed by atoms with Crippen LogP contribution in [0.1, 0.15) is 63.0 Å². The van der Waals surface area contributed by atoms with E-state index in [9.17, 15) is 19.8 Å². The standard InChI is InChI=1S/C28H37NO9/c1-26(2,32)8-9-28(33,15-22(30)35-4)25(31)38-24-21(34-3)14-27-7-5-10-29(27)11-6-17-12-19-20(37-16-36-19)13-18(17)23(24)27/h12-14,23-24,32-33H,5-11,15-16H2,1-4H3/t23-,24-,27+,28-/m1/s1. The Hall–Kier alpha value is -2.82. The summed E-state index contributed by atoms with van der Waals surface area (Å²) in [5.41, 5.74) is -1.69. The lowest BCUT2D eigenvalue weighted by Gasteiger charge is -2.39. The zero-order valence-electron chi connectivity index (χ0n) is 22.5. The predicted octanol–water partition coefficient (Wildman–Crippen LogP) is 2.19. The number of benzene rings is 1. The zero-order valence-corrected chi connectivity index (χ0v) is 22.5. The van der Waals surface area contributed by atoms with Gasteiger partial charge in [0, 0.05) is 6.54 Å².